The quantitative estimate of drug-likeness (QED) is 0.162. The molecule has 9 aromatic carbocycles. The Hall–Kier alpha value is -7.42. The first-order valence-electron chi connectivity index (χ1n) is 19.3. The predicted molar refractivity (Wildman–Crippen MR) is 237 cm³/mol. The first-order chi connectivity index (χ1) is 27.8. The lowest BCUT2D eigenvalue weighted by atomic mass is 9.98. The molecule has 0 aliphatic rings. The molecule has 0 aliphatic carbocycles. The third-order valence-electron chi connectivity index (χ3n) is 11.3. The fourth-order valence-corrected chi connectivity index (χ4v) is 8.71. The van der Waals surface area contributed by atoms with E-state index in [1.807, 2.05) is 0 Å². The summed E-state index contributed by atoms with van der Waals surface area (Å²) in [4.78, 5) is 0. The Balaban J connectivity index is 1.09. The molecule has 11 aromatic rings. The molecule has 2 heteroatoms. The van der Waals surface area contributed by atoms with Crippen molar-refractivity contribution in [3.8, 4) is 55.9 Å². The molecule has 0 bridgehead atoms. The van der Waals surface area contributed by atoms with Crippen molar-refractivity contribution in [2.45, 2.75) is 0 Å². The molecule has 2 nitrogen and oxygen atoms in total. The van der Waals surface area contributed by atoms with Crippen molar-refractivity contribution in [2.75, 3.05) is 0 Å². The van der Waals surface area contributed by atoms with Gasteiger partial charge in [0.05, 0.1) is 27.8 Å². The summed E-state index contributed by atoms with van der Waals surface area (Å²) in [6.45, 7) is 0. The van der Waals surface area contributed by atoms with E-state index in [-0.39, 0.29) is 0 Å². The fourth-order valence-electron chi connectivity index (χ4n) is 8.71. The highest BCUT2D eigenvalue weighted by molar-refractivity contribution is 6.13. The molecule has 2 aromatic heterocycles. The second-order valence-corrected chi connectivity index (χ2v) is 14.6. The Morgan fingerprint density at radius 1 is 0.232 bits per heavy atom. The van der Waals surface area contributed by atoms with Crippen LogP contribution in [0.25, 0.3) is 99.5 Å². The molecule has 0 atom stereocenters. The summed E-state index contributed by atoms with van der Waals surface area (Å²) in [6.07, 6.45) is 0. The molecule has 262 valence electrons. The van der Waals surface area contributed by atoms with Crippen molar-refractivity contribution in [1.29, 1.82) is 0 Å². The molecule has 0 N–H and O–H groups in total. The summed E-state index contributed by atoms with van der Waals surface area (Å²) >= 11 is 0. The van der Waals surface area contributed by atoms with E-state index in [4.69, 9.17) is 0 Å². The maximum atomic E-state index is 2.44. The van der Waals surface area contributed by atoms with Gasteiger partial charge in [0, 0.05) is 32.8 Å². The van der Waals surface area contributed by atoms with Crippen LogP contribution in [0, 0.1) is 0 Å². The highest BCUT2D eigenvalue weighted by Crippen LogP contribution is 2.41. The number of hydrogen-bond donors (Lipinski definition) is 0. The standard InChI is InChI=1S/C54H36N2/c1-4-16-37(17-5-1)42-32-43(38-18-6-2-7-19-38)34-44(33-42)55-51-26-14-11-23-46(51)48-35-40(28-30-53(48)55)41-29-31-54-49(36-41)47-24-12-15-27-52(47)56(54)50-25-13-10-22-45(50)39-20-8-3-9-21-39/h1-36H. The monoisotopic (exact) mass is 712 g/mol. The van der Waals surface area contributed by atoms with Gasteiger partial charge in [0.25, 0.3) is 0 Å². The SMILES string of the molecule is c1ccc(-c2cc(-c3ccccc3)cc(-n3c4ccccc4c4cc(-c5ccc6c(c5)c5ccccc5n6-c5ccccc5-c5ccccc5)ccc43)c2)cc1. The van der Waals surface area contributed by atoms with Crippen molar-refractivity contribution in [2.24, 2.45) is 0 Å². The van der Waals surface area contributed by atoms with Gasteiger partial charge in [-0.2, -0.15) is 0 Å². The number of rotatable bonds is 6. The van der Waals surface area contributed by atoms with E-state index in [0.29, 0.717) is 0 Å². The Labute approximate surface area is 325 Å². The van der Waals surface area contributed by atoms with Crippen molar-refractivity contribution in [3.63, 3.8) is 0 Å². The van der Waals surface area contributed by atoms with Crippen LogP contribution >= 0.6 is 0 Å². The molecule has 0 unspecified atom stereocenters. The van der Waals surface area contributed by atoms with Gasteiger partial charge in [0.15, 0.2) is 0 Å². The zero-order valence-electron chi connectivity index (χ0n) is 30.7. The van der Waals surface area contributed by atoms with E-state index in [1.54, 1.807) is 0 Å². The van der Waals surface area contributed by atoms with E-state index < -0.39 is 0 Å². The number of fused-ring (bicyclic) bond motifs is 6. The number of para-hydroxylation sites is 3. The molecular formula is C54H36N2. The van der Waals surface area contributed by atoms with Crippen LogP contribution in [0.1, 0.15) is 0 Å². The van der Waals surface area contributed by atoms with Gasteiger partial charge in [-0.3, -0.25) is 0 Å². The number of benzene rings is 9. The van der Waals surface area contributed by atoms with Crippen LogP contribution in [0.3, 0.4) is 0 Å². The normalized spacial score (nSPS) is 11.6. The largest absolute Gasteiger partial charge is 0.309 e. The summed E-state index contributed by atoms with van der Waals surface area (Å²) in [5.41, 5.74) is 16.7. The van der Waals surface area contributed by atoms with Crippen molar-refractivity contribution >= 4 is 43.6 Å². The molecular weight excluding hydrogens is 677 g/mol. The van der Waals surface area contributed by atoms with E-state index in [2.05, 4.69) is 228 Å². The molecule has 0 aliphatic heterocycles. The van der Waals surface area contributed by atoms with Crippen LogP contribution < -0.4 is 0 Å². The van der Waals surface area contributed by atoms with Crippen LogP contribution in [0.5, 0.6) is 0 Å². The van der Waals surface area contributed by atoms with Gasteiger partial charge in [-0.25, -0.2) is 0 Å². The van der Waals surface area contributed by atoms with Crippen LogP contribution in [0.4, 0.5) is 0 Å². The average molecular weight is 713 g/mol. The Bertz CT molecular complexity index is 3170. The van der Waals surface area contributed by atoms with Crippen LogP contribution in [-0.4, -0.2) is 9.13 Å². The van der Waals surface area contributed by atoms with Crippen LogP contribution in [-0.2, 0) is 0 Å². The number of nitrogens with zero attached hydrogens (tertiary/aromatic N) is 2. The van der Waals surface area contributed by atoms with E-state index >= 15 is 0 Å². The molecule has 0 saturated heterocycles. The first-order valence-corrected chi connectivity index (χ1v) is 19.3. The summed E-state index contributed by atoms with van der Waals surface area (Å²) < 4.78 is 4.87. The third kappa shape index (κ3) is 5.26. The molecule has 0 radical (unpaired) electrons. The van der Waals surface area contributed by atoms with E-state index in [1.165, 1.54) is 93.8 Å². The first kappa shape index (κ1) is 32.0. The molecule has 0 amide bonds. The van der Waals surface area contributed by atoms with Crippen molar-refractivity contribution < 1.29 is 0 Å². The lowest BCUT2D eigenvalue weighted by molar-refractivity contribution is 1.18. The molecule has 56 heavy (non-hydrogen) atoms. The minimum atomic E-state index is 1.15. The fraction of sp³-hybridized carbons (Fsp3) is 0. The summed E-state index contributed by atoms with van der Waals surface area (Å²) in [5.74, 6) is 0. The smallest absolute Gasteiger partial charge is 0.0541 e. The maximum absolute atomic E-state index is 2.44. The van der Waals surface area contributed by atoms with Gasteiger partial charge < -0.3 is 9.13 Å². The van der Waals surface area contributed by atoms with Gasteiger partial charge in [0.1, 0.15) is 0 Å². The zero-order chi connectivity index (χ0) is 37.0. The second kappa shape index (κ2) is 13.2. The Morgan fingerprint density at radius 2 is 0.661 bits per heavy atom. The molecule has 0 fully saturated rings. The van der Waals surface area contributed by atoms with Crippen molar-refractivity contribution in [1.82, 2.24) is 9.13 Å². The second-order valence-electron chi connectivity index (χ2n) is 14.6. The van der Waals surface area contributed by atoms with Gasteiger partial charge in [0.2, 0.25) is 0 Å². The lowest BCUT2D eigenvalue weighted by Crippen LogP contribution is -1.97. The van der Waals surface area contributed by atoms with Gasteiger partial charge in [-0.1, -0.05) is 158 Å². The number of aromatic nitrogens is 2. The minimum Gasteiger partial charge on any atom is -0.309 e. The van der Waals surface area contributed by atoms with Gasteiger partial charge in [-0.05, 0) is 99.6 Å². The Kier molecular flexibility index (Phi) is 7.53. The third-order valence-corrected chi connectivity index (χ3v) is 11.3. The van der Waals surface area contributed by atoms with Gasteiger partial charge >= 0.3 is 0 Å². The predicted octanol–water partition coefficient (Wildman–Crippen LogP) is 14.5. The van der Waals surface area contributed by atoms with Crippen LogP contribution in [0.2, 0.25) is 0 Å². The van der Waals surface area contributed by atoms with Crippen LogP contribution in [0.15, 0.2) is 218 Å². The lowest BCUT2D eigenvalue weighted by Gasteiger charge is -2.14. The number of hydrogen-bond acceptors (Lipinski definition) is 0. The molecule has 0 spiro atoms. The highest BCUT2D eigenvalue weighted by atomic mass is 15.0. The van der Waals surface area contributed by atoms with Gasteiger partial charge in [-0.15, -0.1) is 0 Å². The summed E-state index contributed by atoms with van der Waals surface area (Å²) in [6, 6.07) is 79.4. The molecule has 11 rings (SSSR count). The van der Waals surface area contributed by atoms with E-state index in [0.717, 1.165) is 5.69 Å². The highest BCUT2D eigenvalue weighted by Gasteiger charge is 2.18. The average Bonchev–Trinajstić information content (AvgIpc) is 3.79. The zero-order valence-corrected chi connectivity index (χ0v) is 30.7. The topological polar surface area (TPSA) is 9.86 Å². The molecule has 0 saturated carbocycles. The van der Waals surface area contributed by atoms with E-state index in [9.17, 15) is 0 Å². The minimum absolute atomic E-state index is 1.15. The molecule has 2 heterocycles. The van der Waals surface area contributed by atoms with Crippen molar-refractivity contribution in [3.05, 3.63) is 218 Å². The Morgan fingerprint density at radius 3 is 1.23 bits per heavy atom. The summed E-state index contributed by atoms with van der Waals surface area (Å²) in [5, 5.41) is 4.97. The summed E-state index contributed by atoms with van der Waals surface area (Å²) in [7, 11) is 0. The maximum Gasteiger partial charge on any atom is 0.0541 e.